The molecule has 6 nitrogen and oxygen atoms in total. The lowest BCUT2D eigenvalue weighted by molar-refractivity contribution is -0.123. The van der Waals surface area contributed by atoms with E-state index in [2.05, 4.69) is 35.2 Å². The van der Waals surface area contributed by atoms with Crippen LogP contribution in [0.4, 0.5) is 5.69 Å². The van der Waals surface area contributed by atoms with Gasteiger partial charge < -0.3 is 9.80 Å². The summed E-state index contributed by atoms with van der Waals surface area (Å²) in [4.78, 5) is 18.0. The van der Waals surface area contributed by atoms with Gasteiger partial charge >= 0.3 is 0 Å². The maximum absolute atomic E-state index is 13.6. The van der Waals surface area contributed by atoms with Gasteiger partial charge in [-0.1, -0.05) is 48.5 Å². The monoisotopic (exact) mass is 497 g/mol. The second-order valence-electron chi connectivity index (χ2n) is 10.1. The summed E-state index contributed by atoms with van der Waals surface area (Å²) in [6, 6.07) is 20.6. The zero-order valence-electron chi connectivity index (χ0n) is 20.9. The van der Waals surface area contributed by atoms with Gasteiger partial charge in [0.2, 0.25) is 15.9 Å². The van der Waals surface area contributed by atoms with Crippen LogP contribution >= 0.6 is 0 Å². The fourth-order valence-electron chi connectivity index (χ4n) is 5.45. The molecule has 1 amide bonds. The summed E-state index contributed by atoms with van der Waals surface area (Å²) in [7, 11) is -3.28. The van der Waals surface area contributed by atoms with Gasteiger partial charge in [0.15, 0.2) is 0 Å². The number of rotatable bonds is 9. The molecule has 0 saturated carbocycles. The number of anilines is 1. The standard InChI is InChI=1S/C28H39N3O3S/c1-35(33,34)30-18-8-12-26(23-30)28(32)31(27-13-6-3-7-14-27)19-9-17-29-20-15-25(16-21-29)22-24-10-4-2-5-11-24/h2-7,10-11,13-14,25-26H,8-9,12,15-23H2,1H3. The lowest BCUT2D eigenvalue weighted by Gasteiger charge is -2.35. The summed E-state index contributed by atoms with van der Waals surface area (Å²) in [6.07, 6.45) is 7.22. The third kappa shape index (κ3) is 7.38. The Morgan fingerprint density at radius 1 is 0.943 bits per heavy atom. The predicted molar refractivity (Wildman–Crippen MR) is 142 cm³/mol. The molecule has 7 heteroatoms. The Bertz CT molecular complexity index is 1040. The van der Waals surface area contributed by atoms with E-state index in [0.717, 1.165) is 56.9 Å². The highest BCUT2D eigenvalue weighted by atomic mass is 32.2. The Morgan fingerprint density at radius 3 is 2.26 bits per heavy atom. The van der Waals surface area contributed by atoms with E-state index in [0.29, 0.717) is 13.1 Å². The first kappa shape index (κ1) is 25.9. The van der Waals surface area contributed by atoms with E-state index in [1.54, 1.807) is 0 Å². The smallest absolute Gasteiger partial charge is 0.231 e. The van der Waals surface area contributed by atoms with E-state index in [4.69, 9.17) is 0 Å². The highest BCUT2D eigenvalue weighted by molar-refractivity contribution is 7.88. The fourth-order valence-corrected chi connectivity index (χ4v) is 6.37. The van der Waals surface area contributed by atoms with Crippen molar-refractivity contribution in [1.29, 1.82) is 0 Å². The molecule has 190 valence electrons. The Labute approximate surface area is 211 Å². The molecule has 2 aliphatic rings. The van der Waals surface area contributed by atoms with Crippen LogP contribution in [-0.2, 0) is 21.2 Å². The predicted octanol–water partition coefficient (Wildman–Crippen LogP) is 4.04. The average Bonchev–Trinajstić information content (AvgIpc) is 2.88. The number of piperidine rings is 2. The van der Waals surface area contributed by atoms with Crippen molar-refractivity contribution in [1.82, 2.24) is 9.21 Å². The topological polar surface area (TPSA) is 60.9 Å². The van der Waals surface area contributed by atoms with Crippen molar-refractivity contribution >= 4 is 21.6 Å². The van der Waals surface area contributed by atoms with Crippen molar-refractivity contribution in [2.45, 2.75) is 38.5 Å². The summed E-state index contributed by atoms with van der Waals surface area (Å²) < 4.78 is 25.6. The first-order chi connectivity index (χ1) is 16.9. The Morgan fingerprint density at radius 2 is 1.60 bits per heavy atom. The number of hydrogen-bond donors (Lipinski definition) is 0. The first-order valence-corrected chi connectivity index (χ1v) is 14.8. The van der Waals surface area contributed by atoms with Crippen molar-refractivity contribution < 1.29 is 13.2 Å². The van der Waals surface area contributed by atoms with Crippen LogP contribution in [0.5, 0.6) is 0 Å². The molecule has 2 saturated heterocycles. The molecule has 2 fully saturated rings. The third-order valence-corrected chi connectivity index (χ3v) is 8.74. The van der Waals surface area contributed by atoms with Gasteiger partial charge in [-0.25, -0.2) is 12.7 Å². The third-order valence-electron chi connectivity index (χ3n) is 7.47. The average molecular weight is 498 g/mol. The van der Waals surface area contributed by atoms with Gasteiger partial charge in [-0.3, -0.25) is 4.79 Å². The molecule has 0 spiro atoms. The number of para-hydroxylation sites is 1. The lowest BCUT2D eigenvalue weighted by atomic mass is 9.90. The number of carbonyl (C=O) groups excluding carboxylic acids is 1. The van der Waals surface area contributed by atoms with Crippen LogP contribution in [0.3, 0.4) is 0 Å². The second-order valence-corrected chi connectivity index (χ2v) is 12.1. The van der Waals surface area contributed by atoms with Crippen LogP contribution in [-0.4, -0.2) is 69.1 Å². The zero-order chi connectivity index (χ0) is 24.7. The number of nitrogens with zero attached hydrogens (tertiary/aromatic N) is 3. The maximum atomic E-state index is 13.6. The number of likely N-dealkylation sites (tertiary alicyclic amines) is 1. The molecular weight excluding hydrogens is 458 g/mol. The number of amides is 1. The lowest BCUT2D eigenvalue weighted by Crippen LogP contribution is -2.47. The molecule has 0 aromatic heterocycles. The molecule has 2 heterocycles. The molecule has 2 aromatic rings. The molecule has 0 radical (unpaired) electrons. The largest absolute Gasteiger partial charge is 0.312 e. The van der Waals surface area contributed by atoms with E-state index in [-0.39, 0.29) is 18.4 Å². The van der Waals surface area contributed by atoms with Gasteiger partial charge in [-0.05, 0) is 81.8 Å². The Kier molecular flexibility index (Phi) is 8.98. The summed E-state index contributed by atoms with van der Waals surface area (Å²) >= 11 is 0. The van der Waals surface area contributed by atoms with E-state index in [9.17, 15) is 13.2 Å². The van der Waals surface area contributed by atoms with Crippen molar-refractivity contribution in [2.75, 3.05) is 50.4 Å². The van der Waals surface area contributed by atoms with E-state index in [1.165, 1.54) is 29.0 Å². The van der Waals surface area contributed by atoms with Gasteiger partial charge in [0.05, 0.1) is 12.2 Å². The SMILES string of the molecule is CS(=O)(=O)N1CCCC(C(=O)N(CCCN2CCC(Cc3ccccc3)CC2)c2ccccc2)C1. The van der Waals surface area contributed by atoms with Crippen LogP contribution in [0.2, 0.25) is 0 Å². The highest BCUT2D eigenvalue weighted by Crippen LogP contribution is 2.25. The first-order valence-electron chi connectivity index (χ1n) is 13.0. The minimum absolute atomic E-state index is 0.0473. The number of carbonyl (C=O) groups is 1. The van der Waals surface area contributed by atoms with Crippen LogP contribution in [0.25, 0.3) is 0 Å². The molecule has 0 N–H and O–H groups in total. The van der Waals surface area contributed by atoms with Crippen molar-refractivity contribution in [3.8, 4) is 0 Å². The Hall–Kier alpha value is -2.22. The molecule has 4 rings (SSSR count). The van der Waals surface area contributed by atoms with Crippen LogP contribution < -0.4 is 4.90 Å². The van der Waals surface area contributed by atoms with Crippen molar-refractivity contribution in [2.24, 2.45) is 11.8 Å². The summed E-state index contributed by atoms with van der Waals surface area (Å²) in [6.45, 7) is 4.66. The van der Waals surface area contributed by atoms with Gasteiger partial charge in [0, 0.05) is 25.3 Å². The zero-order valence-corrected chi connectivity index (χ0v) is 21.7. The van der Waals surface area contributed by atoms with Crippen LogP contribution in [0.1, 0.15) is 37.7 Å². The molecule has 1 atom stereocenters. The fraction of sp³-hybridized carbons (Fsp3) is 0.536. The summed E-state index contributed by atoms with van der Waals surface area (Å²) in [5.74, 6) is 0.513. The number of benzene rings is 2. The van der Waals surface area contributed by atoms with Gasteiger partial charge in [-0.2, -0.15) is 0 Å². The van der Waals surface area contributed by atoms with E-state index >= 15 is 0 Å². The number of sulfonamides is 1. The van der Waals surface area contributed by atoms with Gasteiger partial charge in [-0.15, -0.1) is 0 Å². The van der Waals surface area contributed by atoms with Crippen molar-refractivity contribution in [3.63, 3.8) is 0 Å². The molecular formula is C28H39N3O3S. The van der Waals surface area contributed by atoms with E-state index < -0.39 is 10.0 Å². The quantitative estimate of drug-likeness (QED) is 0.525. The molecule has 2 aliphatic heterocycles. The highest BCUT2D eigenvalue weighted by Gasteiger charge is 2.33. The molecule has 2 aromatic carbocycles. The normalized spacial score (nSPS) is 20.5. The minimum atomic E-state index is -3.28. The van der Waals surface area contributed by atoms with Crippen LogP contribution in [0.15, 0.2) is 60.7 Å². The summed E-state index contributed by atoms with van der Waals surface area (Å²) in [5, 5.41) is 0. The van der Waals surface area contributed by atoms with Gasteiger partial charge in [0.1, 0.15) is 0 Å². The number of hydrogen-bond acceptors (Lipinski definition) is 4. The van der Waals surface area contributed by atoms with Crippen molar-refractivity contribution in [3.05, 3.63) is 66.2 Å². The Balaban J connectivity index is 1.30. The van der Waals surface area contributed by atoms with Gasteiger partial charge in [0.25, 0.3) is 0 Å². The molecule has 0 bridgehead atoms. The minimum Gasteiger partial charge on any atom is -0.312 e. The second kappa shape index (κ2) is 12.2. The molecule has 35 heavy (non-hydrogen) atoms. The van der Waals surface area contributed by atoms with Crippen LogP contribution in [0, 0.1) is 11.8 Å². The molecule has 0 aliphatic carbocycles. The van der Waals surface area contributed by atoms with E-state index in [1.807, 2.05) is 35.2 Å². The maximum Gasteiger partial charge on any atom is 0.231 e. The summed E-state index contributed by atoms with van der Waals surface area (Å²) in [5.41, 5.74) is 2.33. The molecule has 1 unspecified atom stereocenters.